The molecule has 0 bridgehead atoms. The van der Waals surface area contributed by atoms with Gasteiger partial charge in [-0.05, 0) is 43.1 Å². The maximum atomic E-state index is 6.24. The molecular weight excluding hydrogens is 288 g/mol. The van der Waals surface area contributed by atoms with Crippen molar-refractivity contribution in [3.05, 3.63) is 59.7 Å². The second kappa shape index (κ2) is 7.49. The summed E-state index contributed by atoms with van der Waals surface area (Å²) >= 11 is 0. The molecule has 0 amide bonds. The van der Waals surface area contributed by atoms with Crippen LogP contribution in [-0.4, -0.2) is 19.8 Å². The fourth-order valence-corrected chi connectivity index (χ4v) is 3.14. The predicted octanol–water partition coefficient (Wildman–Crippen LogP) is 3.29. The van der Waals surface area contributed by atoms with E-state index in [1.54, 1.807) is 7.11 Å². The number of nitrogens with two attached hydrogens (primary N) is 1. The Balaban J connectivity index is 1.72. The monoisotopic (exact) mass is 312 g/mol. The summed E-state index contributed by atoms with van der Waals surface area (Å²) in [5, 5.41) is 3.58. The van der Waals surface area contributed by atoms with E-state index in [4.69, 9.17) is 15.2 Å². The molecule has 0 radical (unpaired) electrons. The van der Waals surface area contributed by atoms with Gasteiger partial charge in [-0.1, -0.05) is 30.3 Å². The molecule has 1 heterocycles. The highest BCUT2D eigenvalue weighted by Gasteiger charge is 2.27. The van der Waals surface area contributed by atoms with Crippen LogP contribution in [0.4, 0.5) is 5.69 Å². The van der Waals surface area contributed by atoms with Crippen LogP contribution in [0.1, 0.15) is 30.0 Å². The summed E-state index contributed by atoms with van der Waals surface area (Å²) in [5.41, 5.74) is 8.88. The lowest BCUT2D eigenvalue weighted by Gasteiger charge is -2.33. The molecule has 1 aliphatic heterocycles. The van der Waals surface area contributed by atoms with E-state index in [1.165, 1.54) is 5.56 Å². The number of benzene rings is 2. The molecule has 2 aromatic rings. The third-order valence-corrected chi connectivity index (χ3v) is 4.32. The van der Waals surface area contributed by atoms with Gasteiger partial charge in [0.1, 0.15) is 5.75 Å². The van der Waals surface area contributed by atoms with Crippen molar-refractivity contribution in [1.29, 1.82) is 0 Å². The van der Waals surface area contributed by atoms with Gasteiger partial charge in [-0.15, -0.1) is 0 Å². The van der Waals surface area contributed by atoms with Crippen molar-refractivity contribution in [2.75, 3.05) is 19.4 Å². The Kier molecular flexibility index (Phi) is 5.16. The highest BCUT2D eigenvalue weighted by Crippen LogP contribution is 2.29. The zero-order valence-electron chi connectivity index (χ0n) is 13.5. The third-order valence-electron chi connectivity index (χ3n) is 4.32. The van der Waals surface area contributed by atoms with Crippen LogP contribution in [-0.2, 0) is 11.3 Å². The molecular formula is C19H24N2O2. The zero-order chi connectivity index (χ0) is 16.1. The molecule has 0 aromatic heterocycles. The molecule has 2 unspecified atom stereocenters. The molecule has 0 saturated carbocycles. The van der Waals surface area contributed by atoms with Gasteiger partial charge in [0, 0.05) is 11.3 Å². The van der Waals surface area contributed by atoms with Crippen LogP contribution >= 0.6 is 0 Å². The molecule has 4 nitrogen and oxygen atoms in total. The lowest BCUT2D eigenvalue weighted by atomic mass is 9.94. The number of piperidine rings is 1. The molecule has 1 aliphatic rings. The van der Waals surface area contributed by atoms with Crippen LogP contribution in [0.3, 0.4) is 0 Å². The molecule has 0 aliphatic carbocycles. The minimum atomic E-state index is 0.150. The molecule has 3 N–H and O–H groups in total. The van der Waals surface area contributed by atoms with Gasteiger partial charge in [0.25, 0.3) is 0 Å². The Bertz CT molecular complexity index is 631. The highest BCUT2D eigenvalue weighted by molar-refractivity contribution is 5.47. The summed E-state index contributed by atoms with van der Waals surface area (Å²) in [6, 6.07) is 16.4. The Labute approximate surface area is 137 Å². The first-order chi connectivity index (χ1) is 11.3. The third kappa shape index (κ3) is 3.84. The summed E-state index contributed by atoms with van der Waals surface area (Å²) in [7, 11) is 1.67. The molecule has 0 spiro atoms. The van der Waals surface area contributed by atoms with Gasteiger partial charge in [0.2, 0.25) is 0 Å². The largest absolute Gasteiger partial charge is 0.496 e. The van der Waals surface area contributed by atoms with E-state index in [-0.39, 0.29) is 12.1 Å². The lowest BCUT2D eigenvalue weighted by molar-refractivity contribution is -0.00423. The SMILES string of the molecule is COc1ccc(N)cc1COC1CCCNC1c1ccccc1. The number of nitrogen functional groups attached to an aromatic ring is 1. The molecule has 4 heteroatoms. The average Bonchev–Trinajstić information content (AvgIpc) is 2.61. The van der Waals surface area contributed by atoms with Gasteiger partial charge < -0.3 is 20.5 Å². The molecule has 1 saturated heterocycles. The van der Waals surface area contributed by atoms with Gasteiger partial charge in [-0.2, -0.15) is 0 Å². The number of rotatable bonds is 5. The lowest BCUT2D eigenvalue weighted by Crippen LogP contribution is -2.39. The van der Waals surface area contributed by atoms with E-state index in [0.717, 1.165) is 36.4 Å². The summed E-state index contributed by atoms with van der Waals surface area (Å²) in [6.07, 6.45) is 2.33. The van der Waals surface area contributed by atoms with E-state index >= 15 is 0 Å². The molecule has 1 fully saturated rings. The Morgan fingerprint density at radius 3 is 2.78 bits per heavy atom. The average molecular weight is 312 g/mol. The van der Waals surface area contributed by atoms with Crippen LogP contribution in [0.25, 0.3) is 0 Å². The smallest absolute Gasteiger partial charge is 0.124 e. The van der Waals surface area contributed by atoms with Crippen molar-refractivity contribution in [3.8, 4) is 5.75 Å². The zero-order valence-corrected chi connectivity index (χ0v) is 13.5. The van der Waals surface area contributed by atoms with E-state index < -0.39 is 0 Å². The summed E-state index contributed by atoms with van der Waals surface area (Å²) in [6.45, 7) is 1.53. The number of nitrogens with one attached hydrogen (secondary N) is 1. The fraction of sp³-hybridized carbons (Fsp3) is 0.368. The van der Waals surface area contributed by atoms with Crippen LogP contribution in [0.5, 0.6) is 5.75 Å². The second-order valence-corrected chi connectivity index (χ2v) is 5.91. The summed E-state index contributed by atoms with van der Waals surface area (Å²) in [5.74, 6) is 0.819. The van der Waals surface area contributed by atoms with E-state index in [9.17, 15) is 0 Å². The maximum Gasteiger partial charge on any atom is 0.124 e. The minimum Gasteiger partial charge on any atom is -0.496 e. The molecule has 3 rings (SSSR count). The number of hydrogen-bond donors (Lipinski definition) is 2. The van der Waals surface area contributed by atoms with Crippen molar-refractivity contribution in [3.63, 3.8) is 0 Å². The van der Waals surface area contributed by atoms with E-state index in [0.29, 0.717) is 6.61 Å². The summed E-state index contributed by atoms with van der Waals surface area (Å²) < 4.78 is 11.6. The normalized spacial score (nSPS) is 21.1. The standard InChI is InChI=1S/C19H24N2O2/c1-22-17-10-9-16(20)12-15(17)13-23-18-8-5-11-21-19(18)14-6-3-2-4-7-14/h2-4,6-7,9-10,12,18-19,21H,5,8,11,13,20H2,1H3. The maximum absolute atomic E-state index is 6.24. The molecule has 2 aromatic carbocycles. The number of ether oxygens (including phenoxy) is 2. The Morgan fingerprint density at radius 1 is 1.17 bits per heavy atom. The minimum absolute atomic E-state index is 0.150. The quantitative estimate of drug-likeness (QED) is 0.832. The van der Waals surface area contributed by atoms with E-state index in [1.807, 2.05) is 24.3 Å². The van der Waals surface area contributed by atoms with Gasteiger partial charge in [-0.25, -0.2) is 0 Å². The Morgan fingerprint density at radius 2 is 2.00 bits per heavy atom. The van der Waals surface area contributed by atoms with E-state index in [2.05, 4.69) is 29.6 Å². The highest BCUT2D eigenvalue weighted by atomic mass is 16.5. The second-order valence-electron chi connectivity index (χ2n) is 5.91. The topological polar surface area (TPSA) is 56.5 Å². The summed E-state index contributed by atoms with van der Waals surface area (Å²) in [4.78, 5) is 0. The molecule has 23 heavy (non-hydrogen) atoms. The predicted molar refractivity (Wildman–Crippen MR) is 92.4 cm³/mol. The van der Waals surface area contributed by atoms with Crippen molar-refractivity contribution in [1.82, 2.24) is 5.32 Å². The fourth-order valence-electron chi connectivity index (χ4n) is 3.14. The molecule has 122 valence electrons. The van der Waals surface area contributed by atoms with Crippen molar-refractivity contribution in [2.45, 2.75) is 31.6 Å². The Hall–Kier alpha value is -2.04. The van der Waals surface area contributed by atoms with Gasteiger partial charge in [0.15, 0.2) is 0 Å². The van der Waals surface area contributed by atoms with Crippen molar-refractivity contribution in [2.24, 2.45) is 0 Å². The first kappa shape index (κ1) is 15.8. The van der Waals surface area contributed by atoms with Gasteiger partial charge in [0.05, 0.1) is 25.9 Å². The number of hydrogen-bond acceptors (Lipinski definition) is 4. The molecule has 2 atom stereocenters. The van der Waals surface area contributed by atoms with Crippen LogP contribution in [0.15, 0.2) is 48.5 Å². The first-order valence-electron chi connectivity index (χ1n) is 8.10. The van der Waals surface area contributed by atoms with Crippen LogP contribution in [0, 0.1) is 0 Å². The van der Waals surface area contributed by atoms with Crippen LogP contribution in [0.2, 0.25) is 0 Å². The van der Waals surface area contributed by atoms with Gasteiger partial charge in [-0.3, -0.25) is 0 Å². The van der Waals surface area contributed by atoms with Crippen molar-refractivity contribution < 1.29 is 9.47 Å². The van der Waals surface area contributed by atoms with Gasteiger partial charge >= 0.3 is 0 Å². The number of anilines is 1. The van der Waals surface area contributed by atoms with Crippen LogP contribution < -0.4 is 15.8 Å². The number of methoxy groups -OCH3 is 1. The van der Waals surface area contributed by atoms with Crippen molar-refractivity contribution >= 4 is 5.69 Å². The first-order valence-corrected chi connectivity index (χ1v) is 8.10.